The third-order valence-corrected chi connectivity index (χ3v) is 1.48. The maximum absolute atomic E-state index is 7.58. The van der Waals surface area contributed by atoms with Crippen LogP contribution in [0.15, 0.2) is 28.9 Å². The number of hydrogen-bond acceptors (Lipinski definition) is 1. The molecule has 0 saturated heterocycles. The Bertz CT molecular complexity index is 522. The van der Waals surface area contributed by atoms with Crippen molar-refractivity contribution in [3.63, 3.8) is 0 Å². The first-order chi connectivity index (χ1) is 6.52. The molecular weight excluding hydrogens is 192 g/mol. The summed E-state index contributed by atoms with van der Waals surface area (Å²) in [6, 6.07) is -0.137. The molecule has 2 heterocycles. The van der Waals surface area contributed by atoms with Gasteiger partial charge in [-0.3, -0.25) is 0 Å². The highest BCUT2D eigenvalue weighted by atomic mass is 79.9. The first-order valence-electron chi connectivity index (χ1n) is 4.64. The predicted octanol–water partition coefficient (Wildman–Crippen LogP) is 2.33. The molecule has 0 bridgehead atoms. The number of fused-ring (bicyclic) bond motifs is 1. The van der Waals surface area contributed by atoms with Gasteiger partial charge in [-0.05, 0) is 34.1 Å². The molecule has 10 heavy (non-hydrogen) atoms. The zero-order valence-electron chi connectivity index (χ0n) is 8.83. The average molecular weight is 201 g/mol. The molecule has 0 aliphatic heterocycles. The maximum Gasteiger partial charge on any atom is 0.106 e. The molecule has 0 amide bonds. The fourth-order valence-corrected chi connectivity index (χ4v) is 0.966. The lowest BCUT2D eigenvalue weighted by Gasteiger charge is -1.88. The number of pyridine rings is 1. The van der Waals surface area contributed by atoms with E-state index in [1.54, 1.807) is 0 Å². The number of aromatic amines is 1. The molecule has 0 aromatic carbocycles. The Hall–Kier alpha value is -0.830. The van der Waals surface area contributed by atoms with E-state index in [0.717, 1.165) is 0 Å². The molecule has 2 rings (SSSR count). The number of hydrogen-bond donors (Lipinski definition) is 1. The van der Waals surface area contributed by atoms with Crippen molar-refractivity contribution in [2.45, 2.75) is 0 Å². The number of nitrogens with one attached hydrogen (secondary N) is 1. The monoisotopic (exact) mass is 200 g/mol. The Labute approximate surface area is 72.0 Å². The van der Waals surface area contributed by atoms with Crippen LogP contribution in [0.4, 0.5) is 0 Å². The van der Waals surface area contributed by atoms with Crippen LogP contribution in [-0.2, 0) is 0 Å². The molecule has 0 aliphatic rings. The van der Waals surface area contributed by atoms with Gasteiger partial charge in [-0.15, -0.1) is 0 Å². The molecule has 2 aromatic rings. The van der Waals surface area contributed by atoms with Crippen LogP contribution in [0.1, 0.15) is 5.48 Å². The summed E-state index contributed by atoms with van der Waals surface area (Å²) in [6.07, 6.45) is -0.0847. The molecular formula is C7H5BrN2. The van der Waals surface area contributed by atoms with Crippen LogP contribution in [0.25, 0.3) is 11.0 Å². The molecule has 0 aliphatic carbocycles. The molecule has 0 atom stereocenters. The van der Waals surface area contributed by atoms with E-state index in [4.69, 9.17) is 5.48 Å². The highest BCUT2D eigenvalue weighted by Gasteiger charge is 1.93. The summed E-state index contributed by atoms with van der Waals surface area (Å²) in [5, 5.41) is 0. The van der Waals surface area contributed by atoms with Gasteiger partial charge < -0.3 is 4.98 Å². The Kier molecular flexibility index (Phi) is 0.638. The molecule has 0 unspecified atom stereocenters. The van der Waals surface area contributed by atoms with Crippen LogP contribution in [0.5, 0.6) is 0 Å². The van der Waals surface area contributed by atoms with E-state index < -0.39 is 0 Å². The van der Waals surface area contributed by atoms with Crippen molar-refractivity contribution >= 4 is 27.0 Å². The van der Waals surface area contributed by atoms with Gasteiger partial charge in [0.25, 0.3) is 0 Å². The molecule has 0 radical (unpaired) electrons. The second-order valence-corrected chi connectivity index (χ2v) is 2.50. The molecule has 0 spiro atoms. The van der Waals surface area contributed by atoms with Gasteiger partial charge in [-0.2, -0.15) is 0 Å². The minimum absolute atomic E-state index is 0.0428. The van der Waals surface area contributed by atoms with Crippen molar-refractivity contribution < 1.29 is 5.48 Å². The highest BCUT2D eigenvalue weighted by molar-refractivity contribution is 9.10. The van der Waals surface area contributed by atoms with Crippen molar-refractivity contribution in [3.8, 4) is 0 Å². The zero-order chi connectivity index (χ0) is 10.5. The molecule has 0 saturated carbocycles. The SMILES string of the molecule is [2H]c1[nH]c2c([2H])c([2H])c(Br)nc2c1[2H]. The summed E-state index contributed by atoms with van der Waals surface area (Å²) in [5.74, 6) is 0. The molecule has 50 valence electrons. The van der Waals surface area contributed by atoms with E-state index in [2.05, 4.69) is 25.9 Å². The van der Waals surface area contributed by atoms with Gasteiger partial charge in [0.05, 0.1) is 16.5 Å². The molecule has 1 N–H and O–H groups in total. The minimum atomic E-state index is -0.0847. The van der Waals surface area contributed by atoms with Crippen LogP contribution in [0, 0.1) is 0 Å². The fraction of sp³-hybridized carbons (Fsp3) is 0. The number of nitrogens with zero attached hydrogens (tertiary/aromatic N) is 1. The Morgan fingerprint density at radius 3 is 3.30 bits per heavy atom. The van der Waals surface area contributed by atoms with E-state index in [0.29, 0.717) is 0 Å². The van der Waals surface area contributed by atoms with Gasteiger partial charge in [-0.25, -0.2) is 4.98 Å². The van der Waals surface area contributed by atoms with Crippen LogP contribution >= 0.6 is 15.9 Å². The zero-order valence-corrected chi connectivity index (χ0v) is 6.41. The lowest BCUT2D eigenvalue weighted by molar-refractivity contribution is 1.35. The Morgan fingerprint density at radius 2 is 2.40 bits per heavy atom. The summed E-state index contributed by atoms with van der Waals surface area (Å²) in [5.41, 5.74) is 0.524. The van der Waals surface area contributed by atoms with Crippen molar-refractivity contribution in [1.82, 2.24) is 9.97 Å². The molecule has 2 aromatic heterocycles. The van der Waals surface area contributed by atoms with E-state index in [-0.39, 0.29) is 39.9 Å². The Morgan fingerprint density at radius 1 is 1.50 bits per heavy atom. The summed E-state index contributed by atoms with van der Waals surface area (Å²) in [6.45, 7) is 0. The van der Waals surface area contributed by atoms with Crippen LogP contribution in [0.2, 0.25) is 0 Å². The second kappa shape index (κ2) is 2.09. The summed E-state index contributed by atoms with van der Waals surface area (Å²) in [4.78, 5) is 6.48. The van der Waals surface area contributed by atoms with Crippen molar-refractivity contribution in [2.24, 2.45) is 0 Å². The maximum atomic E-state index is 7.58. The quantitative estimate of drug-likeness (QED) is 0.651. The van der Waals surface area contributed by atoms with E-state index in [9.17, 15) is 0 Å². The van der Waals surface area contributed by atoms with E-state index in [1.165, 1.54) is 0 Å². The second-order valence-electron chi connectivity index (χ2n) is 1.75. The largest absolute Gasteiger partial charge is 0.360 e. The third-order valence-electron chi connectivity index (χ3n) is 1.11. The van der Waals surface area contributed by atoms with Gasteiger partial charge in [0, 0.05) is 6.17 Å². The van der Waals surface area contributed by atoms with Gasteiger partial charge in [-0.1, -0.05) is 0 Å². The average Bonchev–Trinajstić information content (AvgIpc) is 2.42. The van der Waals surface area contributed by atoms with Gasteiger partial charge in [0.1, 0.15) is 4.60 Å². The number of halogens is 1. The summed E-state index contributed by atoms with van der Waals surface area (Å²) < 4.78 is 30.1. The predicted molar refractivity (Wildman–Crippen MR) is 43.8 cm³/mol. The highest BCUT2D eigenvalue weighted by Crippen LogP contribution is 2.13. The van der Waals surface area contributed by atoms with Crippen LogP contribution < -0.4 is 0 Å². The number of aromatic nitrogens is 2. The summed E-state index contributed by atoms with van der Waals surface area (Å²) in [7, 11) is 0. The molecule has 0 fully saturated rings. The minimum Gasteiger partial charge on any atom is -0.360 e. The first kappa shape index (κ1) is 3.05. The topological polar surface area (TPSA) is 28.7 Å². The van der Waals surface area contributed by atoms with Gasteiger partial charge in [0.2, 0.25) is 0 Å². The van der Waals surface area contributed by atoms with Crippen LogP contribution in [-0.4, -0.2) is 9.97 Å². The van der Waals surface area contributed by atoms with Gasteiger partial charge >= 0.3 is 0 Å². The summed E-state index contributed by atoms with van der Waals surface area (Å²) >= 11 is 3.03. The normalized spacial score (nSPS) is 16.1. The number of rotatable bonds is 0. The van der Waals surface area contributed by atoms with Crippen molar-refractivity contribution in [1.29, 1.82) is 0 Å². The molecule has 2 nitrogen and oxygen atoms in total. The van der Waals surface area contributed by atoms with E-state index >= 15 is 0 Å². The standard InChI is InChI=1S/C7H5BrN2/c8-7-2-1-5-6(10-7)3-4-9-5/h1-4,9H/i1D,2D,3D,4D. The third kappa shape index (κ3) is 0.827. The lowest BCUT2D eigenvalue weighted by Crippen LogP contribution is -1.73. The van der Waals surface area contributed by atoms with Crippen molar-refractivity contribution in [3.05, 3.63) is 28.9 Å². The van der Waals surface area contributed by atoms with E-state index in [1.807, 2.05) is 0 Å². The smallest absolute Gasteiger partial charge is 0.106 e. The lowest BCUT2D eigenvalue weighted by atomic mass is 10.4. The fourth-order valence-electron chi connectivity index (χ4n) is 0.689. The first-order valence-corrected chi connectivity index (χ1v) is 3.43. The number of H-pyrrole nitrogens is 1. The van der Waals surface area contributed by atoms with Gasteiger partial charge in [0.15, 0.2) is 0 Å². The molecule has 3 heteroatoms. The Balaban J connectivity index is 2.98. The van der Waals surface area contributed by atoms with Crippen LogP contribution in [0.3, 0.4) is 0 Å². The van der Waals surface area contributed by atoms with Crippen molar-refractivity contribution in [2.75, 3.05) is 0 Å².